The second kappa shape index (κ2) is 14.8. The lowest BCUT2D eigenvalue weighted by atomic mass is 9.52. The van der Waals surface area contributed by atoms with E-state index in [1.54, 1.807) is 0 Å². The molecule has 67 heavy (non-hydrogen) atoms. The normalized spacial score (nSPS) is 14.1. The third kappa shape index (κ3) is 5.61. The van der Waals surface area contributed by atoms with Crippen LogP contribution < -0.4 is 4.90 Å². The van der Waals surface area contributed by atoms with Crippen LogP contribution in [0.1, 0.15) is 70.8 Å². The first kappa shape index (κ1) is 39.4. The van der Waals surface area contributed by atoms with Crippen molar-refractivity contribution in [2.24, 2.45) is 0 Å². The van der Waals surface area contributed by atoms with Gasteiger partial charge in [0.1, 0.15) is 0 Å². The van der Waals surface area contributed by atoms with Gasteiger partial charge < -0.3 is 4.90 Å². The fourth-order valence-electron chi connectivity index (χ4n) is 12.2. The van der Waals surface area contributed by atoms with Crippen molar-refractivity contribution in [3.05, 3.63) is 293 Å². The van der Waals surface area contributed by atoms with Crippen molar-refractivity contribution in [2.75, 3.05) is 4.90 Å². The van der Waals surface area contributed by atoms with Gasteiger partial charge in [0.25, 0.3) is 0 Å². The molecule has 0 saturated carbocycles. The summed E-state index contributed by atoms with van der Waals surface area (Å²) in [5, 5.41) is 0. The molecule has 0 unspecified atom stereocenters. The molecule has 0 fully saturated rings. The van der Waals surface area contributed by atoms with Gasteiger partial charge in [0.2, 0.25) is 0 Å². The van der Waals surface area contributed by atoms with Crippen molar-refractivity contribution >= 4 is 17.1 Å². The summed E-state index contributed by atoms with van der Waals surface area (Å²) in [6.45, 7) is 6.82. The van der Waals surface area contributed by atoms with Gasteiger partial charge in [-0.1, -0.05) is 221 Å². The molecule has 13 rings (SSSR count). The number of benzene rings is 10. The van der Waals surface area contributed by atoms with Crippen LogP contribution >= 0.6 is 0 Å². The van der Waals surface area contributed by atoms with Gasteiger partial charge in [0.05, 0.1) is 10.8 Å². The van der Waals surface area contributed by atoms with Crippen molar-refractivity contribution in [1.82, 2.24) is 0 Å². The standard InChI is InChI=1S/C66H49N/c1-64(2,3)48-34-40-51(41-35-48)67(49-36-29-45(30-37-49)44-17-5-4-6-18-44)50-38-31-46(32-39-50)47-33-42-59-55(43-47)54-21-9-12-24-58(54)66(59)62-27-15-13-25-60(62)65(61-26-14-16-28-63(61)66)56-22-10-7-19-52(56)53-20-8-11-23-57(53)65/h4-43H,1-3H3. The third-order valence-electron chi connectivity index (χ3n) is 15.2. The average Bonchev–Trinajstić information content (AvgIpc) is 3.84. The van der Waals surface area contributed by atoms with Crippen molar-refractivity contribution in [1.29, 1.82) is 0 Å². The van der Waals surface area contributed by atoms with Gasteiger partial charge in [-0.05, 0) is 142 Å². The van der Waals surface area contributed by atoms with E-state index < -0.39 is 10.8 Å². The van der Waals surface area contributed by atoms with E-state index in [2.05, 4.69) is 268 Å². The fraction of sp³-hybridized carbons (Fsp3) is 0.0909. The Bertz CT molecular complexity index is 3440. The molecule has 3 aliphatic carbocycles. The summed E-state index contributed by atoms with van der Waals surface area (Å²) in [5.74, 6) is 0. The summed E-state index contributed by atoms with van der Waals surface area (Å²) in [6.07, 6.45) is 0. The van der Waals surface area contributed by atoms with Crippen molar-refractivity contribution in [2.45, 2.75) is 37.0 Å². The summed E-state index contributed by atoms with van der Waals surface area (Å²) >= 11 is 0. The lowest BCUT2D eigenvalue weighted by molar-refractivity contribution is 0.590. The van der Waals surface area contributed by atoms with Crippen LogP contribution in [0.2, 0.25) is 0 Å². The van der Waals surface area contributed by atoms with E-state index in [0.29, 0.717) is 0 Å². The highest BCUT2D eigenvalue weighted by atomic mass is 15.1. The summed E-state index contributed by atoms with van der Waals surface area (Å²) in [7, 11) is 0. The zero-order chi connectivity index (χ0) is 44.9. The van der Waals surface area contributed by atoms with Crippen molar-refractivity contribution in [3.63, 3.8) is 0 Å². The van der Waals surface area contributed by atoms with Gasteiger partial charge in [-0.3, -0.25) is 0 Å². The van der Waals surface area contributed by atoms with Crippen LogP contribution in [-0.4, -0.2) is 0 Å². The molecular weight excluding hydrogens is 807 g/mol. The van der Waals surface area contributed by atoms with Crippen LogP contribution in [0, 0.1) is 0 Å². The molecule has 0 amide bonds. The minimum Gasteiger partial charge on any atom is -0.311 e. The first-order chi connectivity index (χ1) is 32.9. The Kier molecular flexibility index (Phi) is 8.67. The molecule has 318 valence electrons. The molecule has 10 aromatic carbocycles. The number of fused-ring (bicyclic) bond motifs is 16. The molecule has 3 aliphatic rings. The van der Waals surface area contributed by atoms with Crippen molar-refractivity contribution < 1.29 is 0 Å². The zero-order valence-corrected chi connectivity index (χ0v) is 38.0. The summed E-state index contributed by atoms with van der Waals surface area (Å²) in [5.41, 5.74) is 24.7. The number of anilines is 3. The maximum atomic E-state index is 2.46. The van der Waals surface area contributed by atoms with Gasteiger partial charge in [-0.15, -0.1) is 0 Å². The molecule has 0 heterocycles. The van der Waals surface area contributed by atoms with E-state index in [0.717, 1.165) is 17.1 Å². The first-order valence-electron chi connectivity index (χ1n) is 23.7. The summed E-state index contributed by atoms with van der Waals surface area (Å²) in [4.78, 5) is 2.37. The molecule has 0 saturated heterocycles. The van der Waals surface area contributed by atoms with Crippen LogP contribution in [0.25, 0.3) is 44.5 Å². The van der Waals surface area contributed by atoms with Crippen molar-refractivity contribution in [3.8, 4) is 44.5 Å². The largest absolute Gasteiger partial charge is 0.311 e. The molecule has 0 aliphatic heterocycles. The second-order valence-electron chi connectivity index (χ2n) is 19.6. The Morgan fingerprint density at radius 3 is 1.01 bits per heavy atom. The maximum Gasteiger partial charge on any atom is 0.0720 e. The van der Waals surface area contributed by atoms with Gasteiger partial charge >= 0.3 is 0 Å². The van der Waals surface area contributed by atoms with Gasteiger partial charge in [0.15, 0.2) is 0 Å². The Morgan fingerprint density at radius 1 is 0.269 bits per heavy atom. The number of hydrogen-bond acceptors (Lipinski definition) is 1. The second-order valence-corrected chi connectivity index (χ2v) is 19.6. The van der Waals surface area contributed by atoms with E-state index in [9.17, 15) is 0 Å². The van der Waals surface area contributed by atoms with E-state index in [-0.39, 0.29) is 5.41 Å². The van der Waals surface area contributed by atoms with E-state index in [1.165, 1.54) is 94.6 Å². The third-order valence-corrected chi connectivity index (χ3v) is 15.2. The quantitative estimate of drug-likeness (QED) is 0.167. The molecular formula is C66H49N. The molecule has 10 aromatic rings. The smallest absolute Gasteiger partial charge is 0.0720 e. The van der Waals surface area contributed by atoms with E-state index in [4.69, 9.17) is 0 Å². The molecule has 1 heteroatoms. The van der Waals surface area contributed by atoms with Crippen LogP contribution in [0.4, 0.5) is 17.1 Å². The summed E-state index contributed by atoms with van der Waals surface area (Å²) in [6, 6.07) is 91.2. The molecule has 0 aromatic heterocycles. The number of rotatable bonds is 5. The minimum absolute atomic E-state index is 0.0682. The Balaban J connectivity index is 0.947. The van der Waals surface area contributed by atoms with Gasteiger partial charge in [0, 0.05) is 17.1 Å². The highest BCUT2D eigenvalue weighted by molar-refractivity contribution is 5.95. The lowest BCUT2D eigenvalue weighted by Gasteiger charge is -2.48. The SMILES string of the molecule is CC(C)(C)c1ccc(N(c2ccc(-c3ccccc3)cc2)c2ccc(-c3ccc4c(c3)-c3ccccc3C43c4ccccc4C4(c5ccccc5-c5ccccc54)c4ccccc43)cc2)cc1. The highest BCUT2D eigenvalue weighted by Crippen LogP contribution is 2.67. The van der Waals surface area contributed by atoms with Crippen LogP contribution in [0.3, 0.4) is 0 Å². The molecule has 0 N–H and O–H groups in total. The van der Waals surface area contributed by atoms with Gasteiger partial charge in [-0.25, -0.2) is 0 Å². The predicted octanol–water partition coefficient (Wildman–Crippen LogP) is 16.8. The topological polar surface area (TPSA) is 3.24 Å². The zero-order valence-electron chi connectivity index (χ0n) is 38.0. The number of nitrogens with zero attached hydrogens (tertiary/aromatic N) is 1. The molecule has 0 atom stereocenters. The van der Waals surface area contributed by atoms with Gasteiger partial charge in [-0.2, -0.15) is 0 Å². The number of hydrogen-bond donors (Lipinski definition) is 0. The molecule has 0 radical (unpaired) electrons. The van der Waals surface area contributed by atoms with E-state index >= 15 is 0 Å². The first-order valence-corrected chi connectivity index (χ1v) is 23.7. The Labute approximate surface area is 394 Å². The minimum atomic E-state index is -0.502. The molecule has 0 bridgehead atoms. The summed E-state index contributed by atoms with van der Waals surface area (Å²) < 4.78 is 0. The fourth-order valence-corrected chi connectivity index (χ4v) is 12.2. The maximum absolute atomic E-state index is 2.46. The van der Waals surface area contributed by atoms with Crippen LogP contribution in [0.15, 0.2) is 243 Å². The molecule has 1 nitrogen and oxygen atoms in total. The molecule has 2 spiro atoms. The lowest BCUT2D eigenvalue weighted by Crippen LogP contribution is -2.43. The highest BCUT2D eigenvalue weighted by Gasteiger charge is 2.58. The van der Waals surface area contributed by atoms with Crippen LogP contribution in [0.5, 0.6) is 0 Å². The Morgan fingerprint density at radius 2 is 0.582 bits per heavy atom. The average molecular weight is 856 g/mol. The van der Waals surface area contributed by atoms with E-state index in [1.807, 2.05) is 0 Å². The monoisotopic (exact) mass is 855 g/mol. The predicted molar refractivity (Wildman–Crippen MR) is 279 cm³/mol. The van der Waals surface area contributed by atoms with Crippen LogP contribution in [-0.2, 0) is 16.2 Å². The Hall–Kier alpha value is -8.00.